The minimum Gasteiger partial charge on any atom is -0.385 e. The number of aromatic nitrogens is 1. The van der Waals surface area contributed by atoms with Gasteiger partial charge in [0.15, 0.2) is 0 Å². The molecule has 1 aliphatic carbocycles. The largest absolute Gasteiger partial charge is 0.385 e. The van der Waals surface area contributed by atoms with Crippen LogP contribution < -0.4 is 0 Å². The van der Waals surface area contributed by atoms with Crippen LogP contribution in [0.2, 0.25) is 0 Å². The molecule has 1 heterocycles. The molecule has 0 spiro atoms. The number of pyridine rings is 1. The van der Waals surface area contributed by atoms with Gasteiger partial charge in [-0.3, -0.25) is 4.98 Å². The van der Waals surface area contributed by atoms with E-state index in [2.05, 4.69) is 30.1 Å². The summed E-state index contributed by atoms with van der Waals surface area (Å²) in [6, 6.07) is 12.2. The second kappa shape index (κ2) is 4.21. The van der Waals surface area contributed by atoms with Crippen LogP contribution in [0.4, 0.5) is 0 Å². The summed E-state index contributed by atoms with van der Waals surface area (Å²) in [6.07, 6.45) is 4.14. The average Bonchev–Trinajstić information content (AvgIpc) is 2.68. The van der Waals surface area contributed by atoms with Gasteiger partial charge in [0.2, 0.25) is 0 Å². The Balaban J connectivity index is 1.96. The van der Waals surface area contributed by atoms with Gasteiger partial charge in [-0.2, -0.15) is 0 Å². The van der Waals surface area contributed by atoms with E-state index in [4.69, 9.17) is 0 Å². The van der Waals surface area contributed by atoms with E-state index < -0.39 is 5.60 Å². The first kappa shape index (κ1) is 11.4. The fourth-order valence-electron chi connectivity index (χ4n) is 2.80. The quantitative estimate of drug-likeness (QED) is 0.874. The molecule has 0 saturated carbocycles. The number of hydrogen-bond donors (Lipinski definition) is 1. The van der Waals surface area contributed by atoms with Gasteiger partial charge >= 0.3 is 0 Å². The van der Waals surface area contributed by atoms with Gasteiger partial charge in [0.1, 0.15) is 0 Å². The fraction of sp³-hybridized carbons (Fsp3) is 0.312. The Labute approximate surface area is 107 Å². The van der Waals surface area contributed by atoms with Gasteiger partial charge in [-0.05, 0) is 43.0 Å². The number of benzene rings is 1. The number of nitrogens with zero attached hydrogens (tertiary/aromatic N) is 1. The topological polar surface area (TPSA) is 33.1 Å². The number of aliphatic hydroxyl groups is 1. The SMILES string of the molecule is Cc1ccc2c(c1)C(O)(Cc1ccccn1)CC2. The zero-order valence-electron chi connectivity index (χ0n) is 10.6. The molecule has 1 N–H and O–H groups in total. The van der Waals surface area contributed by atoms with Gasteiger partial charge in [0, 0.05) is 18.3 Å². The molecule has 2 heteroatoms. The van der Waals surface area contributed by atoms with Crippen molar-refractivity contribution in [2.45, 2.75) is 31.8 Å². The second-order valence-electron chi connectivity index (χ2n) is 5.19. The predicted octanol–water partition coefficient (Wildman–Crippen LogP) is 2.77. The van der Waals surface area contributed by atoms with Crippen molar-refractivity contribution < 1.29 is 5.11 Å². The van der Waals surface area contributed by atoms with Crippen molar-refractivity contribution in [1.82, 2.24) is 4.98 Å². The summed E-state index contributed by atoms with van der Waals surface area (Å²) >= 11 is 0. The number of hydrogen-bond acceptors (Lipinski definition) is 2. The molecule has 0 amide bonds. The first-order valence-corrected chi connectivity index (χ1v) is 6.40. The lowest BCUT2D eigenvalue weighted by atomic mass is 9.90. The van der Waals surface area contributed by atoms with Gasteiger partial charge in [-0.25, -0.2) is 0 Å². The van der Waals surface area contributed by atoms with Gasteiger partial charge in [0.05, 0.1) is 5.60 Å². The summed E-state index contributed by atoms with van der Waals surface area (Å²) in [4.78, 5) is 4.32. The number of aryl methyl sites for hydroxylation is 2. The normalized spacial score (nSPS) is 21.9. The maximum atomic E-state index is 10.9. The van der Waals surface area contributed by atoms with Crippen LogP contribution in [0.1, 0.15) is 28.8 Å². The maximum absolute atomic E-state index is 10.9. The van der Waals surface area contributed by atoms with E-state index in [1.54, 1.807) is 6.20 Å². The molecular weight excluding hydrogens is 222 g/mol. The molecule has 1 aromatic carbocycles. The molecule has 0 radical (unpaired) electrons. The third-order valence-electron chi connectivity index (χ3n) is 3.77. The molecule has 92 valence electrons. The Hall–Kier alpha value is -1.67. The van der Waals surface area contributed by atoms with Gasteiger partial charge in [0.25, 0.3) is 0 Å². The monoisotopic (exact) mass is 239 g/mol. The first-order chi connectivity index (χ1) is 8.67. The Kier molecular flexibility index (Phi) is 2.67. The van der Waals surface area contributed by atoms with E-state index in [-0.39, 0.29) is 0 Å². The molecule has 1 atom stereocenters. The lowest BCUT2D eigenvalue weighted by Gasteiger charge is -2.24. The highest BCUT2D eigenvalue weighted by Gasteiger charge is 2.36. The second-order valence-corrected chi connectivity index (χ2v) is 5.19. The van der Waals surface area contributed by atoms with Crippen molar-refractivity contribution in [2.75, 3.05) is 0 Å². The number of fused-ring (bicyclic) bond motifs is 1. The van der Waals surface area contributed by atoms with Crippen molar-refractivity contribution in [3.8, 4) is 0 Å². The lowest BCUT2D eigenvalue weighted by molar-refractivity contribution is 0.0379. The van der Waals surface area contributed by atoms with E-state index in [9.17, 15) is 5.11 Å². The summed E-state index contributed by atoms with van der Waals surface area (Å²) < 4.78 is 0. The molecule has 2 aromatic rings. The minimum absolute atomic E-state index is 0.601. The summed E-state index contributed by atoms with van der Waals surface area (Å²) in [5.41, 5.74) is 3.78. The molecule has 1 aromatic heterocycles. The van der Waals surface area contributed by atoms with Crippen LogP contribution in [0.15, 0.2) is 42.6 Å². The maximum Gasteiger partial charge on any atom is 0.0957 e. The van der Waals surface area contributed by atoms with Crippen molar-refractivity contribution in [3.05, 3.63) is 65.0 Å². The molecule has 1 unspecified atom stereocenters. The van der Waals surface area contributed by atoms with Crippen LogP contribution >= 0.6 is 0 Å². The van der Waals surface area contributed by atoms with E-state index in [0.717, 1.165) is 24.1 Å². The minimum atomic E-state index is -0.740. The van der Waals surface area contributed by atoms with E-state index >= 15 is 0 Å². The molecule has 2 nitrogen and oxygen atoms in total. The van der Waals surface area contributed by atoms with Crippen LogP contribution in [0.5, 0.6) is 0 Å². The molecule has 18 heavy (non-hydrogen) atoms. The Morgan fingerprint density at radius 2 is 2.17 bits per heavy atom. The summed E-state index contributed by atoms with van der Waals surface area (Å²) in [6.45, 7) is 2.07. The molecule has 0 bridgehead atoms. The zero-order chi connectivity index (χ0) is 12.6. The Bertz CT molecular complexity index is 565. The van der Waals surface area contributed by atoms with Crippen molar-refractivity contribution in [2.24, 2.45) is 0 Å². The summed E-state index contributed by atoms with van der Waals surface area (Å²) in [5.74, 6) is 0. The first-order valence-electron chi connectivity index (χ1n) is 6.40. The predicted molar refractivity (Wildman–Crippen MR) is 71.3 cm³/mol. The highest BCUT2D eigenvalue weighted by Crippen LogP contribution is 2.39. The van der Waals surface area contributed by atoms with Crippen LogP contribution in [-0.2, 0) is 18.4 Å². The Morgan fingerprint density at radius 1 is 1.28 bits per heavy atom. The Morgan fingerprint density at radius 3 is 2.94 bits per heavy atom. The average molecular weight is 239 g/mol. The lowest BCUT2D eigenvalue weighted by Crippen LogP contribution is -2.25. The third-order valence-corrected chi connectivity index (χ3v) is 3.77. The summed E-state index contributed by atoms with van der Waals surface area (Å²) in [7, 11) is 0. The van der Waals surface area contributed by atoms with Crippen LogP contribution in [0.3, 0.4) is 0 Å². The molecule has 3 rings (SSSR count). The smallest absolute Gasteiger partial charge is 0.0957 e. The van der Waals surface area contributed by atoms with Gasteiger partial charge in [-0.15, -0.1) is 0 Å². The van der Waals surface area contributed by atoms with Gasteiger partial charge in [-0.1, -0.05) is 29.8 Å². The van der Waals surface area contributed by atoms with Crippen molar-refractivity contribution in [3.63, 3.8) is 0 Å². The van der Waals surface area contributed by atoms with E-state index in [1.165, 1.54) is 11.1 Å². The molecule has 0 fully saturated rings. The number of rotatable bonds is 2. The standard InChI is InChI=1S/C16H17NO/c1-12-5-6-13-7-8-16(18,15(13)10-12)11-14-4-2-3-9-17-14/h2-6,9-10,18H,7-8,11H2,1H3. The molecule has 0 saturated heterocycles. The molecular formula is C16H17NO. The third kappa shape index (κ3) is 1.93. The van der Waals surface area contributed by atoms with E-state index in [0.29, 0.717) is 6.42 Å². The van der Waals surface area contributed by atoms with Crippen LogP contribution in [0.25, 0.3) is 0 Å². The van der Waals surface area contributed by atoms with E-state index in [1.807, 2.05) is 18.2 Å². The van der Waals surface area contributed by atoms with Crippen molar-refractivity contribution >= 4 is 0 Å². The molecule has 0 aliphatic heterocycles. The fourth-order valence-corrected chi connectivity index (χ4v) is 2.80. The summed E-state index contributed by atoms with van der Waals surface area (Å²) in [5, 5.41) is 10.9. The zero-order valence-corrected chi connectivity index (χ0v) is 10.6. The van der Waals surface area contributed by atoms with Crippen LogP contribution in [-0.4, -0.2) is 10.1 Å². The van der Waals surface area contributed by atoms with Gasteiger partial charge < -0.3 is 5.11 Å². The highest BCUT2D eigenvalue weighted by atomic mass is 16.3. The van der Waals surface area contributed by atoms with Crippen LogP contribution in [0, 0.1) is 6.92 Å². The molecule has 1 aliphatic rings. The highest BCUT2D eigenvalue weighted by molar-refractivity contribution is 5.40. The van der Waals surface area contributed by atoms with Crippen molar-refractivity contribution in [1.29, 1.82) is 0 Å².